The molecule has 0 aromatic rings. The number of thiol groups is 1. The van der Waals surface area contributed by atoms with Gasteiger partial charge in [-0.25, -0.2) is 0 Å². The van der Waals surface area contributed by atoms with E-state index in [1.165, 1.54) is 6.92 Å². The molecule has 0 saturated heterocycles. The summed E-state index contributed by atoms with van der Waals surface area (Å²) >= 11 is 3.84. The number of nitrogens with one attached hydrogen (secondary N) is 1. The van der Waals surface area contributed by atoms with Crippen LogP contribution in [-0.4, -0.2) is 39.4 Å². The summed E-state index contributed by atoms with van der Waals surface area (Å²) in [5, 5.41) is 18.7. The maximum absolute atomic E-state index is 11.2. The van der Waals surface area contributed by atoms with Crippen LogP contribution >= 0.6 is 12.6 Å². The second kappa shape index (κ2) is 4.85. The van der Waals surface area contributed by atoms with Crippen molar-refractivity contribution in [1.29, 1.82) is 0 Å². The van der Waals surface area contributed by atoms with Crippen molar-refractivity contribution in [2.24, 2.45) is 0 Å². The maximum Gasteiger partial charge on any atom is 0.322 e. The van der Waals surface area contributed by atoms with E-state index in [0.29, 0.717) is 0 Å². The van der Waals surface area contributed by atoms with Crippen molar-refractivity contribution in [2.45, 2.75) is 18.1 Å². The summed E-state index contributed by atoms with van der Waals surface area (Å²) in [5.41, 5.74) is 0. The zero-order chi connectivity index (χ0) is 11.4. The Kier molecular flexibility index (Phi) is 4.42. The van der Waals surface area contributed by atoms with Gasteiger partial charge in [-0.05, 0) is 6.92 Å². The van der Waals surface area contributed by atoms with Crippen LogP contribution in [0.2, 0.25) is 0 Å². The van der Waals surface area contributed by atoms with Crippen LogP contribution in [0.25, 0.3) is 0 Å². The van der Waals surface area contributed by atoms with Crippen LogP contribution in [-0.2, 0) is 14.4 Å². The Bertz CT molecular complexity index is 263. The van der Waals surface area contributed by atoms with Crippen molar-refractivity contribution in [2.75, 3.05) is 6.54 Å². The molecule has 0 spiro atoms. The largest absolute Gasteiger partial charge is 0.481 e. The lowest BCUT2D eigenvalue weighted by molar-refractivity contribution is -0.140. The topological polar surface area (TPSA) is 104 Å². The summed E-state index contributed by atoms with van der Waals surface area (Å²) < 4.78 is -1.40. The number of hydrogen-bond acceptors (Lipinski definition) is 4. The van der Waals surface area contributed by atoms with E-state index >= 15 is 0 Å². The lowest BCUT2D eigenvalue weighted by Crippen LogP contribution is -2.43. The SMILES string of the molecule is C[C@](S)(CC(=O)O)C(=O)NCC(=O)O. The van der Waals surface area contributed by atoms with Gasteiger partial charge in [0.1, 0.15) is 6.54 Å². The first-order valence-corrected chi connectivity index (χ1v) is 4.14. The average Bonchev–Trinajstić information content (AvgIpc) is 1.97. The third-order valence-electron chi connectivity index (χ3n) is 1.38. The molecule has 80 valence electrons. The van der Waals surface area contributed by atoms with Crippen molar-refractivity contribution in [3.63, 3.8) is 0 Å². The van der Waals surface area contributed by atoms with Gasteiger partial charge in [-0.2, -0.15) is 12.6 Å². The van der Waals surface area contributed by atoms with E-state index in [1.807, 2.05) is 5.32 Å². The molecule has 0 heterocycles. The Balaban J connectivity index is 4.21. The van der Waals surface area contributed by atoms with Gasteiger partial charge in [0, 0.05) is 0 Å². The van der Waals surface area contributed by atoms with E-state index in [2.05, 4.69) is 12.6 Å². The van der Waals surface area contributed by atoms with Gasteiger partial charge in [-0.3, -0.25) is 14.4 Å². The fourth-order valence-corrected chi connectivity index (χ4v) is 0.935. The van der Waals surface area contributed by atoms with Crippen LogP contribution in [0.4, 0.5) is 0 Å². The van der Waals surface area contributed by atoms with Crippen LogP contribution < -0.4 is 5.32 Å². The Labute approximate surface area is 85.7 Å². The molecule has 0 aliphatic heterocycles. The minimum absolute atomic E-state index is 0.471. The fraction of sp³-hybridized carbons (Fsp3) is 0.571. The van der Waals surface area contributed by atoms with Crippen molar-refractivity contribution in [3.8, 4) is 0 Å². The number of carboxylic acids is 2. The summed E-state index contributed by atoms with van der Waals surface area (Å²) in [6.45, 7) is 0.760. The number of rotatable bonds is 5. The lowest BCUT2D eigenvalue weighted by atomic mass is 10.1. The number of hydrogen-bond donors (Lipinski definition) is 4. The zero-order valence-electron chi connectivity index (χ0n) is 7.48. The van der Waals surface area contributed by atoms with Gasteiger partial charge in [0.2, 0.25) is 5.91 Å². The molecule has 0 unspecified atom stereocenters. The van der Waals surface area contributed by atoms with Crippen LogP contribution in [0.1, 0.15) is 13.3 Å². The summed E-state index contributed by atoms with van der Waals surface area (Å²) in [5.74, 6) is -3.09. The summed E-state index contributed by atoms with van der Waals surface area (Å²) in [4.78, 5) is 31.6. The molecule has 0 saturated carbocycles. The number of carbonyl (C=O) groups is 3. The van der Waals surface area contributed by atoms with Crippen molar-refractivity contribution in [1.82, 2.24) is 5.32 Å². The van der Waals surface area contributed by atoms with Crippen LogP contribution in [0.15, 0.2) is 0 Å². The molecule has 0 aliphatic rings. The first-order chi connectivity index (χ1) is 6.25. The highest BCUT2D eigenvalue weighted by atomic mass is 32.1. The molecular weight excluding hydrogens is 210 g/mol. The van der Waals surface area contributed by atoms with Gasteiger partial charge < -0.3 is 15.5 Å². The van der Waals surface area contributed by atoms with Gasteiger partial charge >= 0.3 is 11.9 Å². The number of aliphatic carboxylic acids is 2. The smallest absolute Gasteiger partial charge is 0.322 e. The summed E-state index contributed by atoms with van der Waals surface area (Å²) in [6, 6.07) is 0. The predicted octanol–water partition coefficient (Wildman–Crippen LogP) is -0.650. The first kappa shape index (κ1) is 12.8. The Morgan fingerprint density at radius 1 is 1.29 bits per heavy atom. The molecule has 0 fully saturated rings. The van der Waals surface area contributed by atoms with Crippen LogP contribution in [0.5, 0.6) is 0 Å². The molecule has 0 radical (unpaired) electrons. The van der Waals surface area contributed by atoms with Gasteiger partial charge in [0.15, 0.2) is 0 Å². The Hall–Kier alpha value is -1.24. The van der Waals surface area contributed by atoms with Crippen molar-refractivity contribution >= 4 is 30.5 Å². The first-order valence-electron chi connectivity index (χ1n) is 3.70. The normalized spacial score (nSPS) is 14.1. The van der Waals surface area contributed by atoms with Crippen LogP contribution in [0, 0.1) is 0 Å². The molecule has 0 aliphatic carbocycles. The second-order valence-corrected chi connectivity index (χ2v) is 3.91. The van der Waals surface area contributed by atoms with E-state index in [9.17, 15) is 14.4 Å². The molecule has 1 atom stereocenters. The van der Waals surface area contributed by atoms with Crippen LogP contribution in [0.3, 0.4) is 0 Å². The molecule has 7 heteroatoms. The van der Waals surface area contributed by atoms with E-state index < -0.39 is 35.6 Å². The average molecular weight is 221 g/mol. The van der Waals surface area contributed by atoms with Crippen molar-refractivity contribution < 1.29 is 24.6 Å². The van der Waals surface area contributed by atoms with E-state index in [0.717, 1.165) is 0 Å². The molecule has 0 bridgehead atoms. The zero-order valence-corrected chi connectivity index (χ0v) is 8.38. The predicted molar refractivity (Wildman–Crippen MR) is 50.3 cm³/mol. The number of carbonyl (C=O) groups excluding carboxylic acids is 1. The highest BCUT2D eigenvalue weighted by Crippen LogP contribution is 2.18. The molecule has 14 heavy (non-hydrogen) atoms. The van der Waals surface area contributed by atoms with Gasteiger partial charge in [0.25, 0.3) is 0 Å². The molecule has 3 N–H and O–H groups in total. The van der Waals surface area contributed by atoms with E-state index in [4.69, 9.17) is 10.2 Å². The minimum Gasteiger partial charge on any atom is -0.481 e. The third-order valence-corrected chi connectivity index (χ3v) is 1.75. The maximum atomic E-state index is 11.2. The van der Waals surface area contributed by atoms with E-state index in [-0.39, 0.29) is 0 Å². The lowest BCUT2D eigenvalue weighted by Gasteiger charge is -2.19. The molecule has 6 nitrogen and oxygen atoms in total. The number of amides is 1. The summed E-state index contributed by atoms with van der Waals surface area (Å²) in [7, 11) is 0. The molecule has 0 aromatic heterocycles. The quantitative estimate of drug-likeness (QED) is 0.462. The Morgan fingerprint density at radius 2 is 1.79 bits per heavy atom. The highest BCUT2D eigenvalue weighted by Gasteiger charge is 2.31. The summed E-state index contributed by atoms with van der Waals surface area (Å²) in [6.07, 6.45) is -0.471. The third kappa shape index (κ3) is 4.70. The highest BCUT2D eigenvalue weighted by molar-refractivity contribution is 7.82. The molecule has 0 rings (SSSR count). The second-order valence-electron chi connectivity index (χ2n) is 2.92. The fourth-order valence-electron chi connectivity index (χ4n) is 0.721. The monoisotopic (exact) mass is 221 g/mol. The molecule has 0 aromatic carbocycles. The number of carboxylic acid groups (broad SMARTS) is 2. The Morgan fingerprint density at radius 3 is 2.14 bits per heavy atom. The minimum atomic E-state index is -1.40. The molecule has 1 amide bonds. The van der Waals surface area contributed by atoms with Crippen molar-refractivity contribution in [3.05, 3.63) is 0 Å². The van der Waals surface area contributed by atoms with Gasteiger partial charge in [0.05, 0.1) is 11.2 Å². The van der Waals surface area contributed by atoms with E-state index in [1.54, 1.807) is 0 Å². The van der Waals surface area contributed by atoms with Gasteiger partial charge in [-0.1, -0.05) is 0 Å². The standard InChI is InChI=1S/C7H11NO5S/c1-7(14,2-4(9)10)6(13)8-3-5(11)12/h14H,2-3H2,1H3,(H,8,13)(H,9,10)(H,11,12)/t7-/m0/s1. The molecular formula is C7H11NO5S. The van der Waals surface area contributed by atoms with Gasteiger partial charge in [-0.15, -0.1) is 0 Å².